The molecule has 0 aliphatic heterocycles. The number of aliphatic hydroxyl groups is 1. The quantitative estimate of drug-likeness (QED) is 0.519. The molecule has 0 bridgehead atoms. The van der Waals surface area contributed by atoms with Crippen LogP contribution < -0.4 is 0 Å². The first kappa shape index (κ1) is 10.3. The van der Waals surface area contributed by atoms with Crippen molar-refractivity contribution in [3.8, 4) is 0 Å². The van der Waals surface area contributed by atoms with Gasteiger partial charge in [0.25, 0.3) is 0 Å². The zero-order chi connectivity index (χ0) is 10.1. The van der Waals surface area contributed by atoms with Gasteiger partial charge in [0.15, 0.2) is 0 Å². The number of ether oxygens (including phenoxy) is 1. The zero-order valence-electron chi connectivity index (χ0n) is 8.33. The van der Waals surface area contributed by atoms with Gasteiger partial charge < -0.3 is 9.84 Å². The summed E-state index contributed by atoms with van der Waals surface area (Å²) in [7, 11) is 1.34. The van der Waals surface area contributed by atoms with Crippen molar-refractivity contribution in [1.82, 2.24) is 0 Å². The number of esters is 1. The molecule has 0 aromatic heterocycles. The molecule has 3 heteroatoms. The maximum atomic E-state index is 11.2. The second kappa shape index (κ2) is 3.50. The fourth-order valence-corrected chi connectivity index (χ4v) is 1.81. The summed E-state index contributed by atoms with van der Waals surface area (Å²) < 4.78 is 4.61. The minimum Gasteiger partial charge on any atom is -0.469 e. The molecule has 3 nitrogen and oxygen atoms in total. The van der Waals surface area contributed by atoms with Crippen LogP contribution in [0.3, 0.4) is 0 Å². The molecule has 0 spiro atoms. The molecule has 0 aromatic rings. The third-order valence-electron chi connectivity index (χ3n) is 2.93. The Labute approximate surface area is 78.4 Å². The second-order valence-electron chi connectivity index (χ2n) is 3.59. The van der Waals surface area contributed by atoms with Gasteiger partial charge in [-0.15, -0.1) is 0 Å². The van der Waals surface area contributed by atoms with Gasteiger partial charge >= 0.3 is 5.97 Å². The van der Waals surface area contributed by atoms with Gasteiger partial charge in [-0.3, -0.25) is 4.79 Å². The normalized spacial score (nSPS) is 29.7. The summed E-state index contributed by atoms with van der Waals surface area (Å²) in [4.78, 5) is 11.2. The maximum Gasteiger partial charge on any atom is 0.311 e. The summed E-state index contributed by atoms with van der Waals surface area (Å²) in [6, 6.07) is 0. The number of allylic oxidation sites excluding steroid dienone is 1. The van der Waals surface area contributed by atoms with Gasteiger partial charge in [-0.05, 0) is 32.3 Å². The zero-order valence-corrected chi connectivity index (χ0v) is 8.33. The lowest BCUT2D eigenvalue weighted by molar-refractivity contribution is -0.152. The number of carbonyl (C=O) groups excluding carboxylic acids is 1. The Morgan fingerprint density at radius 1 is 1.77 bits per heavy atom. The summed E-state index contributed by atoms with van der Waals surface area (Å²) >= 11 is 0. The van der Waals surface area contributed by atoms with Crippen LogP contribution in [0, 0.1) is 5.92 Å². The summed E-state index contributed by atoms with van der Waals surface area (Å²) in [5.41, 5.74) is -0.0991. The number of hydrogen-bond acceptors (Lipinski definition) is 3. The molecule has 0 saturated heterocycles. The van der Waals surface area contributed by atoms with Gasteiger partial charge in [0.1, 0.15) is 0 Å². The summed E-state index contributed by atoms with van der Waals surface area (Å²) in [5.74, 6) is -0.826. The first-order valence-corrected chi connectivity index (χ1v) is 4.50. The van der Waals surface area contributed by atoms with Crippen molar-refractivity contribution in [1.29, 1.82) is 0 Å². The molecule has 1 aliphatic rings. The third-order valence-corrected chi connectivity index (χ3v) is 2.93. The highest BCUT2D eigenvalue weighted by Crippen LogP contribution is 2.36. The van der Waals surface area contributed by atoms with Crippen LogP contribution in [0.15, 0.2) is 11.6 Å². The number of methoxy groups -OCH3 is 1. The van der Waals surface area contributed by atoms with Gasteiger partial charge in [-0.2, -0.15) is 0 Å². The molecule has 2 unspecified atom stereocenters. The fourth-order valence-electron chi connectivity index (χ4n) is 1.81. The molecule has 1 aliphatic carbocycles. The Balaban J connectivity index is 2.81. The number of hydrogen-bond donors (Lipinski definition) is 1. The Bertz CT molecular complexity index is 245. The van der Waals surface area contributed by atoms with Crippen LogP contribution in [-0.4, -0.2) is 23.8 Å². The monoisotopic (exact) mass is 184 g/mol. The van der Waals surface area contributed by atoms with Crippen LogP contribution in [0.4, 0.5) is 0 Å². The molecule has 0 fully saturated rings. The van der Waals surface area contributed by atoms with E-state index in [1.165, 1.54) is 7.11 Å². The summed E-state index contributed by atoms with van der Waals surface area (Å²) in [6.45, 7) is 3.56. The Morgan fingerprint density at radius 3 is 2.77 bits per heavy atom. The van der Waals surface area contributed by atoms with Crippen molar-refractivity contribution in [2.24, 2.45) is 5.92 Å². The van der Waals surface area contributed by atoms with Crippen molar-refractivity contribution in [2.45, 2.75) is 32.3 Å². The molecule has 0 aromatic carbocycles. The van der Waals surface area contributed by atoms with Crippen LogP contribution in [-0.2, 0) is 9.53 Å². The van der Waals surface area contributed by atoms with E-state index in [2.05, 4.69) is 4.74 Å². The molecule has 0 heterocycles. The lowest BCUT2D eigenvalue weighted by Crippen LogP contribution is -2.40. The third kappa shape index (κ3) is 1.61. The number of carbonyl (C=O) groups is 1. The molecule has 0 saturated carbocycles. The standard InChI is InChI=1S/C10H16O3/c1-7-5-4-6-10(7,12)8(2)9(11)13-3/h5,8,12H,4,6H2,1-3H3. The van der Waals surface area contributed by atoms with E-state index in [0.29, 0.717) is 6.42 Å². The van der Waals surface area contributed by atoms with E-state index in [1.54, 1.807) is 6.92 Å². The molecular formula is C10H16O3. The summed E-state index contributed by atoms with van der Waals surface area (Å²) in [5, 5.41) is 10.2. The molecule has 1 N–H and O–H groups in total. The predicted octanol–water partition coefficient (Wildman–Crippen LogP) is 1.27. The van der Waals surface area contributed by atoms with Crippen LogP contribution in [0.5, 0.6) is 0 Å². The van der Waals surface area contributed by atoms with E-state index in [9.17, 15) is 9.90 Å². The van der Waals surface area contributed by atoms with E-state index >= 15 is 0 Å². The van der Waals surface area contributed by atoms with Gasteiger partial charge in [-0.25, -0.2) is 0 Å². The topological polar surface area (TPSA) is 46.5 Å². The SMILES string of the molecule is COC(=O)C(C)C1(O)CCC=C1C. The predicted molar refractivity (Wildman–Crippen MR) is 49.1 cm³/mol. The average molecular weight is 184 g/mol. The van der Waals surface area contributed by atoms with Crippen molar-refractivity contribution < 1.29 is 14.6 Å². The van der Waals surface area contributed by atoms with Crippen molar-refractivity contribution in [3.05, 3.63) is 11.6 Å². The largest absolute Gasteiger partial charge is 0.469 e. The molecule has 1 rings (SSSR count). The molecule has 74 valence electrons. The van der Waals surface area contributed by atoms with Crippen LogP contribution in [0.1, 0.15) is 26.7 Å². The molecule has 2 atom stereocenters. The average Bonchev–Trinajstić information content (AvgIpc) is 2.46. The van der Waals surface area contributed by atoms with E-state index in [0.717, 1.165) is 12.0 Å². The van der Waals surface area contributed by atoms with Gasteiger partial charge in [0.2, 0.25) is 0 Å². The molecule has 0 radical (unpaired) electrons. The van der Waals surface area contributed by atoms with Gasteiger partial charge in [0, 0.05) is 0 Å². The van der Waals surface area contributed by atoms with Gasteiger partial charge in [0.05, 0.1) is 18.6 Å². The van der Waals surface area contributed by atoms with E-state index in [1.807, 2.05) is 13.0 Å². The Hall–Kier alpha value is -0.830. The highest BCUT2D eigenvalue weighted by molar-refractivity contribution is 5.74. The Kier molecular flexibility index (Phi) is 2.76. The molecule has 0 amide bonds. The van der Waals surface area contributed by atoms with E-state index < -0.39 is 11.5 Å². The lowest BCUT2D eigenvalue weighted by atomic mass is 9.83. The van der Waals surface area contributed by atoms with Crippen LogP contribution in [0.25, 0.3) is 0 Å². The number of rotatable bonds is 2. The smallest absolute Gasteiger partial charge is 0.311 e. The maximum absolute atomic E-state index is 11.2. The lowest BCUT2D eigenvalue weighted by Gasteiger charge is -2.29. The fraction of sp³-hybridized carbons (Fsp3) is 0.700. The molecule has 13 heavy (non-hydrogen) atoms. The van der Waals surface area contributed by atoms with E-state index in [4.69, 9.17) is 0 Å². The Morgan fingerprint density at radius 2 is 2.38 bits per heavy atom. The van der Waals surface area contributed by atoms with Crippen LogP contribution >= 0.6 is 0 Å². The molecular weight excluding hydrogens is 168 g/mol. The van der Waals surface area contributed by atoms with Crippen molar-refractivity contribution >= 4 is 5.97 Å². The minimum atomic E-state index is -0.979. The van der Waals surface area contributed by atoms with E-state index in [-0.39, 0.29) is 5.97 Å². The van der Waals surface area contributed by atoms with Crippen molar-refractivity contribution in [3.63, 3.8) is 0 Å². The summed E-state index contributed by atoms with van der Waals surface area (Å²) in [6.07, 6.45) is 3.43. The first-order valence-electron chi connectivity index (χ1n) is 4.50. The highest BCUT2D eigenvalue weighted by Gasteiger charge is 2.42. The minimum absolute atomic E-state index is 0.350. The van der Waals surface area contributed by atoms with Crippen molar-refractivity contribution in [2.75, 3.05) is 7.11 Å². The van der Waals surface area contributed by atoms with Crippen LogP contribution in [0.2, 0.25) is 0 Å². The first-order chi connectivity index (χ1) is 6.02. The highest BCUT2D eigenvalue weighted by atomic mass is 16.5. The second-order valence-corrected chi connectivity index (χ2v) is 3.59. The van der Waals surface area contributed by atoms with Gasteiger partial charge in [-0.1, -0.05) is 6.08 Å².